The SMILES string of the molecule is CN1CCCc2c(C#CC(C)(C)O)cccc21. The van der Waals surface area contributed by atoms with Crippen molar-refractivity contribution in [2.45, 2.75) is 32.3 Å². The van der Waals surface area contributed by atoms with Gasteiger partial charge in [0.05, 0.1) is 0 Å². The number of hydrogen-bond acceptors (Lipinski definition) is 2. The van der Waals surface area contributed by atoms with E-state index in [9.17, 15) is 5.11 Å². The van der Waals surface area contributed by atoms with Gasteiger partial charge in [0.2, 0.25) is 0 Å². The lowest BCUT2D eigenvalue weighted by Gasteiger charge is -2.28. The molecule has 17 heavy (non-hydrogen) atoms. The van der Waals surface area contributed by atoms with E-state index in [-0.39, 0.29) is 0 Å². The number of rotatable bonds is 0. The van der Waals surface area contributed by atoms with Gasteiger partial charge in [-0.15, -0.1) is 0 Å². The summed E-state index contributed by atoms with van der Waals surface area (Å²) in [5, 5.41) is 9.65. The molecule has 0 aliphatic carbocycles. The van der Waals surface area contributed by atoms with Crippen molar-refractivity contribution in [3.05, 3.63) is 29.3 Å². The van der Waals surface area contributed by atoms with Gasteiger partial charge in [0.25, 0.3) is 0 Å². The van der Waals surface area contributed by atoms with E-state index in [1.807, 2.05) is 12.1 Å². The van der Waals surface area contributed by atoms with E-state index in [1.54, 1.807) is 13.8 Å². The van der Waals surface area contributed by atoms with Crippen LogP contribution in [-0.4, -0.2) is 24.3 Å². The van der Waals surface area contributed by atoms with Gasteiger partial charge in [-0.25, -0.2) is 0 Å². The van der Waals surface area contributed by atoms with Gasteiger partial charge in [-0.1, -0.05) is 17.9 Å². The smallest absolute Gasteiger partial charge is 0.120 e. The highest BCUT2D eigenvalue weighted by Crippen LogP contribution is 2.28. The molecule has 1 aromatic rings. The Morgan fingerprint density at radius 2 is 2.12 bits per heavy atom. The Morgan fingerprint density at radius 1 is 1.35 bits per heavy atom. The second-order valence-corrected chi connectivity index (χ2v) is 5.14. The van der Waals surface area contributed by atoms with Gasteiger partial charge >= 0.3 is 0 Å². The molecule has 0 amide bonds. The van der Waals surface area contributed by atoms with Crippen molar-refractivity contribution in [2.24, 2.45) is 0 Å². The molecule has 0 unspecified atom stereocenters. The van der Waals surface area contributed by atoms with Crippen LogP contribution in [0.2, 0.25) is 0 Å². The first-order valence-electron chi connectivity index (χ1n) is 6.06. The summed E-state index contributed by atoms with van der Waals surface area (Å²) >= 11 is 0. The lowest BCUT2D eigenvalue weighted by atomic mass is 9.96. The molecule has 90 valence electrons. The summed E-state index contributed by atoms with van der Waals surface area (Å²) in [5.41, 5.74) is 2.72. The summed E-state index contributed by atoms with van der Waals surface area (Å²) in [5.74, 6) is 6.00. The minimum atomic E-state index is -0.927. The first-order valence-corrected chi connectivity index (χ1v) is 6.06. The van der Waals surface area contributed by atoms with Crippen LogP contribution >= 0.6 is 0 Å². The quantitative estimate of drug-likeness (QED) is 0.689. The Balaban J connectivity index is 2.42. The van der Waals surface area contributed by atoms with Crippen molar-refractivity contribution in [3.63, 3.8) is 0 Å². The van der Waals surface area contributed by atoms with Gasteiger partial charge in [-0.2, -0.15) is 0 Å². The summed E-state index contributed by atoms with van der Waals surface area (Å²) in [4.78, 5) is 2.27. The van der Waals surface area contributed by atoms with Crippen molar-refractivity contribution in [2.75, 3.05) is 18.5 Å². The molecule has 0 fully saturated rings. The minimum Gasteiger partial charge on any atom is -0.378 e. The van der Waals surface area contributed by atoms with Gasteiger partial charge in [0.1, 0.15) is 5.60 Å². The molecule has 1 N–H and O–H groups in total. The molecule has 0 saturated heterocycles. The maximum atomic E-state index is 9.65. The predicted octanol–water partition coefficient (Wildman–Crippen LogP) is 2.19. The highest BCUT2D eigenvalue weighted by Gasteiger charge is 2.15. The third kappa shape index (κ3) is 2.81. The number of fused-ring (bicyclic) bond motifs is 1. The second-order valence-electron chi connectivity index (χ2n) is 5.14. The average molecular weight is 229 g/mol. The topological polar surface area (TPSA) is 23.5 Å². The molecule has 0 bridgehead atoms. The molecular formula is C15H19NO. The van der Waals surface area contributed by atoms with Crippen molar-refractivity contribution >= 4 is 5.69 Å². The molecule has 0 spiro atoms. The number of anilines is 1. The van der Waals surface area contributed by atoms with Crippen LogP contribution in [0.5, 0.6) is 0 Å². The zero-order valence-corrected chi connectivity index (χ0v) is 10.7. The molecule has 1 aromatic carbocycles. The molecule has 1 aliphatic heterocycles. The van der Waals surface area contributed by atoms with E-state index in [0.29, 0.717) is 0 Å². The van der Waals surface area contributed by atoms with Crippen LogP contribution in [0.3, 0.4) is 0 Å². The Bertz CT molecular complexity index is 474. The van der Waals surface area contributed by atoms with Crippen LogP contribution in [0.4, 0.5) is 5.69 Å². The van der Waals surface area contributed by atoms with Crippen molar-refractivity contribution in [1.29, 1.82) is 0 Å². The number of hydrogen-bond donors (Lipinski definition) is 1. The average Bonchev–Trinajstić information content (AvgIpc) is 2.26. The number of aliphatic hydroxyl groups is 1. The van der Waals surface area contributed by atoms with Crippen LogP contribution in [0.25, 0.3) is 0 Å². The fourth-order valence-corrected chi connectivity index (χ4v) is 2.15. The fraction of sp³-hybridized carbons (Fsp3) is 0.467. The maximum Gasteiger partial charge on any atom is 0.120 e. The summed E-state index contributed by atoms with van der Waals surface area (Å²) in [6.07, 6.45) is 2.25. The van der Waals surface area contributed by atoms with Crippen LogP contribution in [0, 0.1) is 11.8 Å². The maximum absolute atomic E-state index is 9.65. The zero-order valence-electron chi connectivity index (χ0n) is 10.7. The monoisotopic (exact) mass is 229 g/mol. The molecule has 0 saturated carbocycles. The van der Waals surface area contributed by atoms with Crippen LogP contribution in [0.15, 0.2) is 18.2 Å². The van der Waals surface area contributed by atoms with Gasteiger partial charge in [-0.05, 0) is 44.4 Å². The highest BCUT2D eigenvalue weighted by molar-refractivity contribution is 5.61. The summed E-state index contributed by atoms with van der Waals surface area (Å²) in [6.45, 7) is 4.53. The molecule has 2 heteroatoms. The molecule has 0 radical (unpaired) electrons. The Hall–Kier alpha value is -1.46. The largest absolute Gasteiger partial charge is 0.378 e. The molecule has 1 heterocycles. The molecule has 2 nitrogen and oxygen atoms in total. The third-order valence-corrected chi connectivity index (χ3v) is 2.99. The van der Waals surface area contributed by atoms with Gasteiger partial charge < -0.3 is 10.0 Å². The summed E-state index contributed by atoms with van der Waals surface area (Å²) < 4.78 is 0. The third-order valence-electron chi connectivity index (χ3n) is 2.99. The number of benzene rings is 1. The van der Waals surface area contributed by atoms with Gasteiger partial charge in [0.15, 0.2) is 0 Å². The Morgan fingerprint density at radius 3 is 2.82 bits per heavy atom. The van der Waals surface area contributed by atoms with Gasteiger partial charge in [0, 0.05) is 24.8 Å². The highest BCUT2D eigenvalue weighted by atomic mass is 16.3. The van der Waals surface area contributed by atoms with E-state index in [1.165, 1.54) is 17.7 Å². The van der Waals surface area contributed by atoms with Crippen molar-refractivity contribution in [1.82, 2.24) is 0 Å². The van der Waals surface area contributed by atoms with Crippen molar-refractivity contribution in [3.8, 4) is 11.8 Å². The lowest BCUT2D eigenvalue weighted by molar-refractivity contribution is 0.143. The molecule has 2 rings (SSSR count). The molecular weight excluding hydrogens is 210 g/mol. The van der Waals surface area contributed by atoms with E-state index >= 15 is 0 Å². The molecule has 0 aromatic heterocycles. The van der Waals surface area contributed by atoms with Crippen LogP contribution in [0.1, 0.15) is 31.4 Å². The molecule has 0 atom stereocenters. The van der Waals surface area contributed by atoms with E-state index < -0.39 is 5.60 Å². The van der Waals surface area contributed by atoms with Crippen molar-refractivity contribution < 1.29 is 5.11 Å². The van der Waals surface area contributed by atoms with Crippen LogP contribution in [-0.2, 0) is 6.42 Å². The first kappa shape index (κ1) is 12.0. The van der Waals surface area contributed by atoms with Gasteiger partial charge in [-0.3, -0.25) is 0 Å². The second kappa shape index (κ2) is 4.43. The lowest BCUT2D eigenvalue weighted by Crippen LogP contribution is -2.25. The predicted molar refractivity (Wildman–Crippen MR) is 71.2 cm³/mol. The first-order chi connectivity index (χ1) is 7.97. The number of nitrogens with zero attached hydrogens (tertiary/aromatic N) is 1. The molecule has 1 aliphatic rings. The minimum absolute atomic E-state index is 0.927. The normalized spacial score (nSPS) is 14.9. The van der Waals surface area contributed by atoms with E-state index in [4.69, 9.17) is 0 Å². The van der Waals surface area contributed by atoms with Crippen LogP contribution < -0.4 is 4.90 Å². The standard InChI is InChI=1S/C15H19NO/c1-15(2,17)10-9-12-6-4-8-14-13(12)7-5-11-16(14)3/h4,6,8,17H,5,7,11H2,1-3H3. The zero-order chi connectivity index (χ0) is 12.5. The summed E-state index contributed by atoms with van der Waals surface area (Å²) in [7, 11) is 2.12. The Labute approximate surface area is 103 Å². The Kier molecular flexibility index (Phi) is 3.13. The van der Waals surface area contributed by atoms with E-state index in [2.05, 4.69) is 29.9 Å². The fourth-order valence-electron chi connectivity index (χ4n) is 2.15. The van der Waals surface area contributed by atoms with E-state index in [0.717, 1.165) is 18.5 Å². The summed E-state index contributed by atoms with van der Waals surface area (Å²) in [6, 6.07) is 6.22.